The summed E-state index contributed by atoms with van der Waals surface area (Å²) in [6, 6.07) is 0. The second-order valence-corrected chi connectivity index (χ2v) is 5.06. The number of Topliss-reactive ketones (excluding diaryl/α,β-unsaturated/α-hetero) is 1. The van der Waals surface area contributed by atoms with E-state index in [2.05, 4.69) is 0 Å². The Morgan fingerprint density at radius 1 is 0.760 bits per heavy atom. The molecule has 1 unspecified atom stereocenters. The Labute approximate surface area is 173 Å². The molecule has 0 aliphatic carbocycles. The predicted octanol–water partition coefficient (Wildman–Crippen LogP) is -0.211. The van der Waals surface area contributed by atoms with E-state index in [-0.39, 0.29) is 51.8 Å². The Bertz CT molecular complexity index is 215. The zero-order valence-electron chi connectivity index (χ0n) is 16.6. The van der Waals surface area contributed by atoms with Gasteiger partial charge >= 0.3 is 26.2 Å². The average Bonchev–Trinajstić information content (AvgIpc) is 2.51. The number of ketones is 1. The van der Waals surface area contributed by atoms with Crippen LogP contribution in [0.1, 0.15) is 79.6 Å². The maximum atomic E-state index is 10.4. The molecule has 0 aromatic carbocycles. The number of rotatable bonds is 9. The zero-order valence-corrected chi connectivity index (χ0v) is 19.1. The maximum Gasteiger partial charge on any atom is 4.00 e. The maximum absolute atomic E-state index is 10.4. The van der Waals surface area contributed by atoms with Gasteiger partial charge in [-0.3, -0.25) is 4.79 Å². The van der Waals surface area contributed by atoms with Crippen LogP contribution in [0.25, 0.3) is 0 Å². The first kappa shape index (κ1) is 35.9. The molecule has 0 aliphatic rings. The van der Waals surface area contributed by atoms with Gasteiger partial charge in [-0.05, 0) is 13.3 Å². The average molecular weight is 440 g/mol. The molecule has 1 atom stereocenters. The van der Waals surface area contributed by atoms with Crippen molar-refractivity contribution in [2.24, 2.45) is 5.92 Å². The van der Waals surface area contributed by atoms with E-state index in [9.17, 15) is 30.0 Å². The summed E-state index contributed by atoms with van der Waals surface area (Å²) in [5.41, 5.74) is 0. The van der Waals surface area contributed by atoms with Gasteiger partial charge in [-0.1, -0.05) is 66.2 Å². The Morgan fingerprint density at radius 2 is 1.04 bits per heavy atom. The van der Waals surface area contributed by atoms with E-state index in [0.29, 0.717) is 6.42 Å². The van der Waals surface area contributed by atoms with Gasteiger partial charge in [0.15, 0.2) is 0 Å². The molecule has 0 N–H and O–H groups in total. The number of unbranched alkanes of at least 4 members (excludes halogenated alkanes) is 3. The Hall–Kier alpha value is -0.0969. The van der Waals surface area contributed by atoms with Crippen LogP contribution in [-0.4, -0.2) is 31.6 Å². The van der Waals surface area contributed by atoms with Crippen LogP contribution in [0.15, 0.2) is 0 Å². The van der Waals surface area contributed by atoms with Crippen LogP contribution < -0.4 is 20.4 Å². The smallest absolute Gasteiger partial charge is 0.854 e. The van der Waals surface area contributed by atoms with E-state index in [0.717, 1.165) is 38.5 Å². The molecule has 0 radical (unpaired) electrons. The normalized spacial score (nSPS) is 9.60. The van der Waals surface area contributed by atoms with E-state index in [1.165, 1.54) is 6.92 Å². The molecule has 0 amide bonds. The number of carboxylic acid groups (broad SMARTS) is 1. The SMILES string of the molecule is CCC(C(C)=O)C(=O)[O-].CCCC[O-].CCCC[O-].CCCC[O-].[Zr+4]. The van der Waals surface area contributed by atoms with Crippen molar-refractivity contribution in [3.8, 4) is 0 Å². The number of carboxylic acids is 1. The summed E-state index contributed by atoms with van der Waals surface area (Å²) in [6.07, 6.45) is 5.91. The quantitative estimate of drug-likeness (QED) is 0.457. The van der Waals surface area contributed by atoms with Gasteiger partial charge in [-0.2, -0.15) is 0 Å². The van der Waals surface area contributed by atoms with Gasteiger partial charge in [0.05, 0.1) is 11.9 Å². The van der Waals surface area contributed by atoms with E-state index in [4.69, 9.17) is 0 Å². The fourth-order valence-corrected chi connectivity index (χ4v) is 1.05. The summed E-state index contributed by atoms with van der Waals surface area (Å²) in [6.45, 7) is 9.21. The number of carbonyl (C=O) groups excluding carboxylic acids is 2. The molecule has 0 bridgehead atoms. The Morgan fingerprint density at radius 3 is 1.04 bits per heavy atom. The second-order valence-electron chi connectivity index (χ2n) is 5.06. The minimum Gasteiger partial charge on any atom is -0.854 e. The van der Waals surface area contributed by atoms with E-state index in [1.807, 2.05) is 20.8 Å². The Kier molecular flexibility index (Phi) is 50.4. The van der Waals surface area contributed by atoms with Crippen LogP contribution in [0.3, 0.4) is 0 Å². The molecule has 0 rings (SSSR count). The van der Waals surface area contributed by atoms with Gasteiger partial charge in [0.1, 0.15) is 5.78 Å². The van der Waals surface area contributed by atoms with Crippen LogP contribution in [0.5, 0.6) is 0 Å². The first-order valence-corrected chi connectivity index (χ1v) is 8.79. The summed E-state index contributed by atoms with van der Waals surface area (Å²) >= 11 is 0. The van der Waals surface area contributed by atoms with Crippen molar-refractivity contribution in [2.75, 3.05) is 19.8 Å². The molecule has 0 aromatic heterocycles. The van der Waals surface area contributed by atoms with Crippen molar-refractivity contribution < 1.29 is 56.2 Å². The summed E-state index contributed by atoms with van der Waals surface area (Å²) in [5, 5.41) is 38.6. The summed E-state index contributed by atoms with van der Waals surface area (Å²) in [7, 11) is 0. The van der Waals surface area contributed by atoms with Crippen LogP contribution in [0.2, 0.25) is 0 Å². The summed E-state index contributed by atoms with van der Waals surface area (Å²) in [5.74, 6) is -2.52. The van der Waals surface area contributed by atoms with Crippen molar-refractivity contribution >= 4 is 11.8 Å². The van der Waals surface area contributed by atoms with Crippen molar-refractivity contribution in [3.63, 3.8) is 0 Å². The minimum absolute atomic E-state index is 0. The molecule has 148 valence electrons. The molecule has 7 heteroatoms. The van der Waals surface area contributed by atoms with Crippen molar-refractivity contribution in [2.45, 2.75) is 79.6 Å². The molecule has 0 saturated carbocycles. The predicted molar refractivity (Wildman–Crippen MR) is 88.8 cm³/mol. The van der Waals surface area contributed by atoms with E-state index < -0.39 is 11.9 Å². The van der Waals surface area contributed by atoms with Crippen LogP contribution in [0, 0.1) is 5.92 Å². The largest absolute Gasteiger partial charge is 4.00 e. The molecule has 6 nitrogen and oxygen atoms in total. The molecule has 25 heavy (non-hydrogen) atoms. The molecule has 0 fully saturated rings. The van der Waals surface area contributed by atoms with Crippen LogP contribution in [0.4, 0.5) is 0 Å². The van der Waals surface area contributed by atoms with Crippen molar-refractivity contribution in [1.82, 2.24) is 0 Å². The topological polar surface area (TPSA) is 126 Å². The molecule has 0 spiro atoms. The van der Waals surface area contributed by atoms with Gasteiger partial charge < -0.3 is 25.2 Å². The molecular weight excluding hydrogens is 403 g/mol. The summed E-state index contributed by atoms with van der Waals surface area (Å²) < 4.78 is 0. The third kappa shape index (κ3) is 45.3. The van der Waals surface area contributed by atoms with E-state index in [1.54, 1.807) is 6.92 Å². The molecular formula is C18H36O6Zr. The first-order chi connectivity index (χ1) is 11.3. The standard InChI is InChI=1S/C6H10O3.3C4H9O.Zr/c1-3-5(4(2)7)6(8)9;3*1-2-3-4-5;/h5H,3H2,1-2H3,(H,8,9);3*2-4H2,1H3;/q;3*-1;+4/p-1. The number of hydrogen-bond donors (Lipinski definition) is 0. The first-order valence-electron chi connectivity index (χ1n) is 8.79. The zero-order chi connectivity index (χ0) is 19.8. The fourth-order valence-electron chi connectivity index (χ4n) is 1.05. The summed E-state index contributed by atoms with van der Waals surface area (Å²) in [4.78, 5) is 20.4. The molecule has 0 heterocycles. The van der Waals surface area contributed by atoms with Crippen molar-refractivity contribution in [3.05, 3.63) is 0 Å². The molecule has 0 aromatic rings. The van der Waals surface area contributed by atoms with Gasteiger partial charge in [-0.25, -0.2) is 0 Å². The minimum atomic E-state index is -1.27. The van der Waals surface area contributed by atoms with Gasteiger partial charge in [0, 0.05) is 0 Å². The van der Waals surface area contributed by atoms with Crippen LogP contribution >= 0.6 is 0 Å². The van der Waals surface area contributed by atoms with E-state index >= 15 is 0 Å². The van der Waals surface area contributed by atoms with Crippen molar-refractivity contribution in [1.29, 1.82) is 0 Å². The molecule has 0 saturated heterocycles. The second kappa shape index (κ2) is 35.1. The van der Waals surface area contributed by atoms with Crippen LogP contribution in [-0.2, 0) is 35.8 Å². The van der Waals surface area contributed by atoms with Gasteiger partial charge in [0.25, 0.3) is 0 Å². The third-order valence-electron chi connectivity index (χ3n) is 2.68. The van der Waals surface area contributed by atoms with Gasteiger partial charge in [-0.15, -0.1) is 19.8 Å². The van der Waals surface area contributed by atoms with Gasteiger partial charge in [0.2, 0.25) is 0 Å². The number of carbonyl (C=O) groups is 2. The molecule has 0 aliphatic heterocycles. The monoisotopic (exact) mass is 438 g/mol. The Balaban J connectivity index is -0.0000000733. The third-order valence-corrected chi connectivity index (χ3v) is 2.68. The fraction of sp³-hybridized carbons (Fsp3) is 0.889. The number of hydrogen-bond acceptors (Lipinski definition) is 6. The number of aliphatic carboxylic acids is 1.